The van der Waals surface area contributed by atoms with Crippen LogP contribution >= 0.6 is 23.2 Å². The lowest BCUT2D eigenvalue weighted by Crippen LogP contribution is -2.35. The predicted octanol–water partition coefficient (Wildman–Crippen LogP) is 5.24. The molecule has 2 aromatic rings. The first-order valence-corrected chi connectivity index (χ1v) is 12.3. The molecule has 0 radical (unpaired) electrons. The molecule has 32 heavy (non-hydrogen) atoms. The Balaban J connectivity index is 2.26. The summed E-state index contributed by atoms with van der Waals surface area (Å²) in [5.41, 5.74) is 0.352. The number of aromatic nitrogens is 2. The van der Waals surface area contributed by atoms with Crippen molar-refractivity contribution in [3.05, 3.63) is 51.0 Å². The molecule has 11 heteroatoms. The molecule has 0 aliphatic carbocycles. The lowest BCUT2D eigenvalue weighted by molar-refractivity contribution is 0.0571. The van der Waals surface area contributed by atoms with Gasteiger partial charge in [-0.2, -0.15) is 0 Å². The van der Waals surface area contributed by atoms with Crippen LogP contribution in [0.25, 0.3) is 6.08 Å². The van der Waals surface area contributed by atoms with Crippen molar-refractivity contribution in [2.75, 3.05) is 6.61 Å². The van der Waals surface area contributed by atoms with Gasteiger partial charge < -0.3 is 9.47 Å². The highest BCUT2D eigenvalue weighted by Crippen LogP contribution is 2.23. The molecule has 1 amide bonds. The molecule has 0 bridgehead atoms. The lowest BCUT2D eigenvalue weighted by atomic mass is 10.2. The lowest BCUT2D eigenvalue weighted by Gasteiger charge is -2.19. The number of carbonyl (C=O) groups is 1. The topological polar surface area (TPSA) is 99.5 Å². The fraction of sp³-hybridized carbons (Fsp3) is 0.429. The second-order valence-corrected chi connectivity index (χ2v) is 10.4. The maximum Gasteiger partial charge on any atom is 0.421 e. The van der Waals surface area contributed by atoms with Crippen molar-refractivity contribution in [2.45, 2.75) is 52.7 Å². The molecular weight excluding hydrogens is 477 g/mol. The van der Waals surface area contributed by atoms with E-state index >= 15 is 0 Å². The third kappa shape index (κ3) is 8.72. The van der Waals surface area contributed by atoms with Crippen LogP contribution in [0.15, 0.2) is 29.7 Å². The van der Waals surface area contributed by atoms with Gasteiger partial charge in [0.1, 0.15) is 5.60 Å². The first-order valence-electron chi connectivity index (χ1n) is 9.97. The molecule has 2 rings (SSSR count). The number of sulfonamides is 1. The summed E-state index contributed by atoms with van der Waals surface area (Å²) in [5.74, 6) is 0.348. The minimum absolute atomic E-state index is 0.256. The molecule has 0 aliphatic rings. The number of halogens is 2. The van der Waals surface area contributed by atoms with Crippen molar-refractivity contribution < 1.29 is 22.7 Å². The Morgan fingerprint density at radius 1 is 1.25 bits per heavy atom. The third-order valence-corrected chi connectivity index (χ3v) is 5.45. The molecule has 0 atom stereocenters. The second-order valence-electron chi connectivity index (χ2n) is 7.95. The monoisotopic (exact) mass is 503 g/mol. The SMILES string of the molecule is CCCCOc1cc(C=CS(=O)(=O)NC(=O)OC(C)(C)C)n(Cc2ccc(Cl)cc2Cl)n1. The van der Waals surface area contributed by atoms with Crippen LogP contribution < -0.4 is 9.46 Å². The van der Waals surface area contributed by atoms with Crippen molar-refractivity contribution in [3.8, 4) is 5.88 Å². The van der Waals surface area contributed by atoms with Gasteiger partial charge in [0.2, 0.25) is 5.88 Å². The van der Waals surface area contributed by atoms with Gasteiger partial charge in [0.05, 0.1) is 24.3 Å². The first kappa shape index (κ1) is 26.0. The molecule has 1 aromatic heterocycles. The summed E-state index contributed by atoms with van der Waals surface area (Å²) in [7, 11) is -4.10. The molecule has 0 spiro atoms. The van der Waals surface area contributed by atoms with Gasteiger partial charge in [0.15, 0.2) is 0 Å². The molecule has 0 saturated carbocycles. The molecule has 0 fully saturated rings. The number of carbonyl (C=O) groups excluding carboxylic acids is 1. The summed E-state index contributed by atoms with van der Waals surface area (Å²) in [6.45, 7) is 7.69. The molecule has 0 aliphatic heterocycles. The standard InChI is InChI=1S/C21H27Cl2N3O5S/c1-5-6-10-30-19-13-17(9-11-32(28,29)25-20(27)31-21(2,3)4)26(24-19)14-15-7-8-16(22)12-18(15)23/h7-9,11-13H,5-6,10,14H2,1-4H3,(H,25,27). The normalized spacial score (nSPS) is 12.2. The summed E-state index contributed by atoms with van der Waals surface area (Å²) in [6.07, 6.45) is 2.07. The van der Waals surface area contributed by atoms with E-state index in [2.05, 4.69) is 5.10 Å². The van der Waals surface area contributed by atoms with E-state index in [1.807, 2.05) is 11.6 Å². The van der Waals surface area contributed by atoms with Crippen LogP contribution in [0.4, 0.5) is 4.79 Å². The Hall–Kier alpha value is -2.23. The van der Waals surface area contributed by atoms with Gasteiger partial charge in [-0.25, -0.2) is 17.9 Å². The molecule has 1 heterocycles. The molecule has 8 nitrogen and oxygen atoms in total. The van der Waals surface area contributed by atoms with E-state index in [-0.39, 0.29) is 6.54 Å². The molecule has 1 aromatic carbocycles. The molecule has 0 unspecified atom stereocenters. The molecule has 176 valence electrons. The predicted molar refractivity (Wildman–Crippen MR) is 126 cm³/mol. The highest BCUT2D eigenvalue weighted by Gasteiger charge is 2.20. The van der Waals surface area contributed by atoms with Crippen LogP contribution in [0.5, 0.6) is 5.88 Å². The molecular formula is C21H27Cl2N3O5S. The van der Waals surface area contributed by atoms with E-state index in [4.69, 9.17) is 32.7 Å². The number of benzene rings is 1. The van der Waals surface area contributed by atoms with E-state index in [0.29, 0.717) is 28.2 Å². The van der Waals surface area contributed by atoms with Crippen LogP contribution in [0.2, 0.25) is 10.0 Å². The Morgan fingerprint density at radius 2 is 1.97 bits per heavy atom. The van der Waals surface area contributed by atoms with Crippen molar-refractivity contribution in [2.24, 2.45) is 0 Å². The number of amides is 1. The van der Waals surface area contributed by atoms with Gasteiger partial charge >= 0.3 is 6.09 Å². The first-order chi connectivity index (χ1) is 14.9. The number of ether oxygens (including phenoxy) is 2. The minimum atomic E-state index is -4.10. The van der Waals surface area contributed by atoms with E-state index < -0.39 is 21.7 Å². The number of unbranched alkanes of at least 4 members (excludes halogenated alkanes) is 1. The number of nitrogens with one attached hydrogen (secondary N) is 1. The summed E-state index contributed by atoms with van der Waals surface area (Å²) in [4.78, 5) is 11.8. The average molecular weight is 504 g/mol. The highest BCUT2D eigenvalue weighted by atomic mass is 35.5. The van der Waals surface area contributed by atoms with E-state index in [9.17, 15) is 13.2 Å². The number of hydrogen-bond donors (Lipinski definition) is 1. The maximum atomic E-state index is 12.3. The summed E-state index contributed by atoms with van der Waals surface area (Å²) < 4.78 is 38.6. The fourth-order valence-corrected chi connectivity index (χ4v) is 3.61. The second kappa shape index (κ2) is 11.1. The third-order valence-electron chi connectivity index (χ3n) is 3.91. The Kier molecular flexibility index (Phi) is 9.00. The van der Waals surface area contributed by atoms with Crippen LogP contribution in [-0.4, -0.2) is 36.5 Å². The van der Waals surface area contributed by atoms with Crippen molar-refractivity contribution in [1.82, 2.24) is 14.5 Å². The van der Waals surface area contributed by atoms with Gasteiger partial charge in [-0.3, -0.25) is 4.68 Å². The average Bonchev–Trinajstić information content (AvgIpc) is 3.02. The number of nitrogens with zero attached hydrogens (tertiary/aromatic N) is 2. The highest BCUT2D eigenvalue weighted by molar-refractivity contribution is 7.93. The number of hydrogen-bond acceptors (Lipinski definition) is 6. The Morgan fingerprint density at radius 3 is 2.59 bits per heavy atom. The van der Waals surface area contributed by atoms with E-state index in [1.165, 1.54) is 6.08 Å². The number of rotatable bonds is 9. The van der Waals surface area contributed by atoms with Crippen molar-refractivity contribution >= 4 is 45.4 Å². The molecule has 0 saturated heterocycles. The van der Waals surface area contributed by atoms with Crippen molar-refractivity contribution in [3.63, 3.8) is 0 Å². The van der Waals surface area contributed by atoms with Gasteiger partial charge in [0.25, 0.3) is 10.0 Å². The van der Waals surface area contributed by atoms with Gasteiger partial charge in [-0.15, -0.1) is 5.10 Å². The fourth-order valence-electron chi connectivity index (χ4n) is 2.48. The smallest absolute Gasteiger partial charge is 0.421 e. The van der Waals surface area contributed by atoms with E-state index in [0.717, 1.165) is 23.8 Å². The van der Waals surface area contributed by atoms with Gasteiger partial charge in [0, 0.05) is 16.1 Å². The van der Waals surface area contributed by atoms with E-state index in [1.54, 1.807) is 49.7 Å². The molecule has 1 N–H and O–H groups in total. The Bertz CT molecular complexity index is 1080. The zero-order valence-electron chi connectivity index (χ0n) is 18.4. The zero-order chi connectivity index (χ0) is 23.9. The minimum Gasteiger partial charge on any atom is -0.477 e. The van der Waals surface area contributed by atoms with Gasteiger partial charge in [-0.05, 0) is 51.0 Å². The van der Waals surface area contributed by atoms with Gasteiger partial charge in [-0.1, -0.05) is 42.6 Å². The maximum absolute atomic E-state index is 12.3. The zero-order valence-corrected chi connectivity index (χ0v) is 20.7. The van der Waals surface area contributed by atoms with Crippen LogP contribution in [-0.2, 0) is 21.3 Å². The Labute approximate surface area is 198 Å². The largest absolute Gasteiger partial charge is 0.477 e. The summed E-state index contributed by atoms with van der Waals surface area (Å²) in [5, 5.41) is 6.22. The van der Waals surface area contributed by atoms with Crippen molar-refractivity contribution in [1.29, 1.82) is 0 Å². The summed E-state index contributed by atoms with van der Waals surface area (Å²) in [6, 6.07) is 6.69. The quantitative estimate of drug-likeness (QED) is 0.469. The summed E-state index contributed by atoms with van der Waals surface area (Å²) >= 11 is 12.2. The van der Waals surface area contributed by atoms with Crippen LogP contribution in [0.3, 0.4) is 0 Å². The van der Waals surface area contributed by atoms with Crippen LogP contribution in [0, 0.1) is 0 Å². The van der Waals surface area contributed by atoms with Crippen LogP contribution in [0.1, 0.15) is 51.8 Å².